The van der Waals surface area contributed by atoms with Gasteiger partial charge in [0.1, 0.15) is 0 Å². The van der Waals surface area contributed by atoms with E-state index in [0.29, 0.717) is 28.2 Å². The highest BCUT2D eigenvalue weighted by Gasteiger charge is 2.18. The summed E-state index contributed by atoms with van der Waals surface area (Å²) in [6.45, 7) is 1.77. The second kappa shape index (κ2) is 9.19. The molecule has 1 aromatic carbocycles. The number of ether oxygens (including phenoxy) is 1. The summed E-state index contributed by atoms with van der Waals surface area (Å²) in [4.78, 5) is 31.8. The summed E-state index contributed by atoms with van der Waals surface area (Å²) >= 11 is 11.8. The van der Waals surface area contributed by atoms with Crippen LogP contribution in [0.5, 0.6) is 0 Å². The Morgan fingerprint density at radius 3 is 2.64 bits per heavy atom. The highest BCUT2D eigenvalue weighted by Crippen LogP contribution is 2.25. The Morgan fingerprint density at radius 2 is 1.96 bits per heavy atom. The van der Waals surface area contributed by atoms with Crippen LogP contribution in [0.3, 0.4) is 0 Å². The van der Waals surface area contributed by atoms with Crippen molar-refractivity contribution in [3.05, 3.63) is 46.7 Å². The van der Waals surface area contributed by atoms with Gasteiger partial charge in [-0.25, -0.2) is 9.97 Å². The van der Waals surface area contributed by atoms with Crippen LogP contribution >= 0.6 is 23.2 Å². The van der Waals surface area contributed by atoms with Crippen LogP contribution in [0.25, 0.3) is 0 Å². The van der Waals surface area contributed by atoms with E-state index in [9.17, 15) is 9.59 Å². The molecule has 0 bridgehead atoms. The number of carbonyl (C=O) groups is 2. The third-order valence-electron chi connectivity index (χ3n) is 3.04. The average Bonchev–Trinajstić information content (AvgIpc) is 2.58. The van der Waals surface area contributed by atoms with Crippen LogP contribution in [0.1, 0.15) is 13.3 Å². The second-order valence-electron chi connectivity index (χ2n) is 4.99. The van der Waals surface area contributed by atoms with Gasteiger partial charge in [-0.05, 0) is 31.2 Å². The number of hydrogen-bond acceptors (Lipinski definition) is 6. The average molecular weight is 383 g/mol. The summed E-state index contributed by atoms with van der Waals surface area (Å²) in [5, 5.41) is 6.21. The van der Waals surface area contributed by atoms with E-state index in [1.807, 2.05) is 0 Å². The SMILES string of the molecule is CC(OC(=O)CCNc1ncccn1)C(=O)Nc1ccc(Cl)cc1Cl. The predicted octanol–water partition coefficient (Wildman–Crippen LogP) is 3.16. The minimum Gasteiger partial charge on any atom is -0.452 e. The molecule has 7 nitrogen and oxygen atoms in total. The molecule has 2 N–H and O–H groups in total. The van der Waals surface area contributed by atoms with Crippen LogP contribution in [0.2, 0.25) is 10.0 Å². The van der Waals surface area contributed by atoms with Gasteiger partial charge < -0.3 is 15.4 Å². The Hall–Kier alpha value is -2.38. The molecule has 1 aromatic heterocycles. The van der Waals surface area contributed by atoms with Gasteiger partial charge in [0.15, 0.2) is 6.10 Å². The van der Waals surface area contributed by atoms with Crippen molar-refractivity contribution >= 4 is 46.7 Å². The summed E-state index contributed by atoms with van der Waals surface area (Å²) in [5.74, 6) is -0.594. The number of nitrogens with zero attached hydrogens (tertiary/aromatic N) is 2. The first-order chi connectivity index (χ1) is 12.0. The first kappa shape index (κ1) is 19.0. The number of anilines is 2. The van der Waals surface area contributed by atoms with Gasteiger partial charge in [0.2, 0.25) is 5.95 Å². The standard InChI is InChI=1S/C16H16Cl2N4O3/c1-10(15(24)22-13-4-3-11(17)9-12(13)18)25-14(23)5-8-21-16-19-6-2-7-20-16/h2-4,6-7,9-10H,5,8H2,1H3,(H,22,24)(H,19,20,21). The van der Waals surface area contributed by atoms with Gasteiger partial charge in [0, 0.05) is 24.0 Å². The highest BCUT2D eigenvalue weighted by molar-refractivity contribution is 6.36. The smallest absolute Gasteiger partial charge is 0.308 e. The van der Waals surface area contributed by atoms with Crippen LogP contribution in [0.15, 0.2) is 36.7 Å². The largest absolute Gasteiger partial charge is 0.452 e. The second-order valence-corrected chi connectivity index (χ2v) is 5.84. The van der Waals surface area contributed by atoms with Crippen molar-refractivity contribution in [2.75, 3.05) is 17.2 Å². The number of aromatic nitrogens is 2. The molecule has 9 heteroatoms. The highest BCUT2D eigenvalue weighted by atomic mass is 35.5. The van der Waals surface area contributed by atoms with Crippen LogP contribution < -0.4 is 10.6 Å². The first-order valence-electron chi connectivity index (χ1n) is 7.42. The molecule has 1 unspecified atom stereocenters. The number of hydrogen-bond donors (Lipinski definition) is 2. The van der Waals surface area contributed by atoms with Crippen LogP contribution in [-0.4, -0.2) is 34.5 Å². The third kappa shape index (κ3) is 6.21. The van der Waals surface area contributed by atoms with E-state index in [-0.39, 0.29) is 6.42 Å². The number of halogens is 2. The molecule has 25 heavy (non-hydrogen) atoms. The molecule has 0 fully saturated rings. The summed E-state index contributed by atoms with van der Waals surface area (Å²) in [5.41, 5.74) is 0.391. The van der Waals surface area contributed by atoms with E-state index in [1.54, 1.807) is 30.6 Å². The molecule has 0 aliphatic rings. The van der Waals surface area contributed by atoms with Crippen LogP contribution in [0, 0.1) is 0 Å². The van der Waals surface area contributed by atoms with Crippen molar-refractivity contribution in [3.63, 3.8) is 0 Å². The van der Waals surface area contributed by atoms with Crippen molar-refractivity contribution in [2.24, 2.45) is 0 Å². The van der Waals surface area contributed by atoms with Gasteiger partial charge in [0.05, 0.1) is 17.1 Å². The molecule has 1 atom stereocenters. The maximum absolute atomic E-state index is 12.1. The summed E-state index contributed by atoms with van der Waals surface area (Å²) in [6.07, 6.45) is 2.27. The molecule has 0 aliphatic heterocycles. The quantitative estimate of drug-likeness (QED) is 0.714. The minimum absolute atomic E-state index is 0.0670. The molecule has 0 aliphatic carbocycles. The Balaban J connectivity index is 1.77. The van der Waals surface area contributed by atoms with Crippen molar-refractivity contribution in [3.8, 4) is 0 Å². The van der Waals surface area contributed by atoms with Crippen molar-refractivity contribution in [2.45, 2.75) is 19.4 Å². The number of nitrogens with one attached hydrogen (secondary N) is 2. The van der Waals surface area contributed by atoms with Gasteiger partial charge in [0.25, 0.3) is 5.91 Å². The number of rotatable bonds is 7. The van der Waals surface area contributed by atoms with Gasteiger partial charge in [-0.3, -0.25) is 9.59 Å². The lowest BCUT2D eigenvalue weighted by molar-refractivity contribution is -0.152. The Kier molecular flexibility index (Phi) is 6.97. The fourth-order valence-corrected chi connectivity index (χ4v) is 2.26. The topological polar surface area (TPSA) is 93.2 Å². The zero-order chi connectivity index (χ0) is 18.2. The molecule has 132 valence electrons. The van der Waals surface area contributed by atoms with Gasteiger partial charge in [-0.15, -0.1) is 0 Å². The first-order valence-corrected chi connectivity index (χ1v) is 8.17. The Bertz CT molecular complexity index is 743. The minimum atomic E-state index is -0.966. The zero-order valence-electron chi connectivity index (χ0n) is 13.3. The summed E-state index contributed by atoms with van der Waals surface area (Å²) in [7, 11) is 0. The number of benzene rings is 1. The van der Waals surface area contributed by atoms with E-state index >= 15 is 0 Å². The van der Waals surface area contributed by atoms with Crippen molar-refractivity contribution in [1.29, 1.82) is 0 Å². The maximum Gasteiger partial charge on any atom is 0.308 e. The molecule has 2 aromatic rings. The molecule has 0 radical (unpaired) electrons. The molecular weight excluding hydrogens is 367 g/mol. The monoisotopic (exact) mass is 382 g/mol. The van der Waals surface area contributed by atoms with Crippen molar-refractivity contribution in [1.82, 2.24) is 9.97 Å². The molecule has 2 rings (SSSR count). The molecular formula is C16H16Cl2N4O3. The fraction of sp³-hybridized carbons (Fsp3) is 0.250. The molecule has 1 amide bonds. The predicted molar refractivity (Wildman–Crippen MR) is 95.8 cm³/mol. The van der Waals surface area contributed by atoms with E-state index in [1.165, 1.54) is 13.0 Å². The van der Waals surface area contributed by atoms with Gasteiger partial charge in [-0.1, -0.05) is 23.2 Å². The van der Waals surface area contributed by atoms with E-state index < -0.39 is 18.0 Å². The zero-order valence-corrected chi connectivity index (χ0v) is 14.8. The summed E-state index contributed by atoms with van der Waals surface area (Å²) < 4.78 is 5.08. The van der Waals surface area contributed by atoms with Crippen molar-refractivity contribution < 1.29 is 14.3 Å². The number of carbonyl (C=O) groups excluding carboxylic acids is 2. The lowest BCUT2D eigenvalue weighted by Crippen LogP contribution is -2.30. The van der Waals surface area contributed by atoms with Crippen LogP contribution in [-0.2, 0) is 14.3 Å². The van der Waals surface area contributed by atoms with E-state index in [0.717, 1.165) is 0 Å². The van der Waals surface area contributed by atoms with E-state index in [2.05, 4.69) is 20.6 Å². The molecule has 1 heterocycles. The maximum atomic E-state index is 12.1. The number of esters is 1. The third-order valence-corrected chi connectivity index (χ3v) is 3.59. The Morgan fingerprint density at radius 1 is 1.24 bits per heavy atom. The lowest BCUT2D eigenvalue weighted by Gasteiger charge is -2.14. The Labute approximate surface area is 154 Å². The number of amides is 1. The molecule has 0 saturated heterocycles. The van der Waals surface area contributed by atoms with Gasteiger partial charge in [-0.2, -0.15) is 0 Å². The lowest BCUT2D eigenvalue weighted by atomic mass is 10.3. The fourth-order valence-electron chi connectivity index (χ4n) is 1.80. The van der Waals surface area contributed by atoms with Crippen LogP contribution in [0.4, 0.5) is 11.6 Å². The normalized spacial score (nSPS) is 11.5. The molecule has 0 saturated carbocycles. The van der Waals surface area contributed by atoms with Gasteiger partial charge >= 0.3 is 5.97 Å². The van der Waals surface area contributed by atoms with E-state index in [4.69, 9.17) is 27.9 Å². The summed E-state index contributed by atoms with van der Waals surface area (Å²) in [6, 6.07) is 6.36. The molecule has 0 spiro atoms.